The Bertz CT molecular complexity index is 1220. The lowest BCUT2D eigenvalue weighted by Crippen LogP contribution is -2.16. The molecule has 0 bridgehead atoms. The van der Waals surface area contributed by atoms with Gasteiger partial charge in [0.25, 0.3) is 5.91 Å². The average molecular weight is 445 g/mol. The van der Waals surface area contributed by atoms with Gasteiger partial charge < -0.3 is 5.32 Å². The molecule has 0 saturated carbocycles. The molecular formula is C20H14ClFN4O3S. The highest BCUT2D eigenvalue weighted by molar-refractivity contribution is 7.94. The molecule has 0 saturated heterocycles. The van der Waals surface area contributed by atoms with Crippen LogP contribution in [0.1, 0.15) is 10.5 Å². The van der Waals surface area contributed by atoms with Crippen LogP contribution >= 0.6 is 23.6 Å². The highest BCUT2D eigenvalue weighted by Crippen LogP contribution is 2.27. The van der Waals surface area contributed by atoms with Crippen molar-refractivity contribution in [2.24, 2.45) is 0 Å². The van der Waals surface area contributed by atoms with E-state index in [0.29, 0.717) is 27.4 Å². The van der Waals surface area contributed by atoms with E-state index >= 15 is 0 Å². The summed E-state index contributed by atoms with van der Waals surface area (Å²) in [6.07, 6.45) is 1.57. The summed E-state index contributed by atoms with van der Waals surface area (Å²) < 4.78 is 19.9. The first kappa shape index (κ1) is 20.3. The van der Waals surface area contributed by atoms with E-state index in [1.54, 1.807) is 53.2 Å². The summed E-state index contributed by atoms with van der Waals surface area (Å²) in [6.45, 7) is 0. The largest absolute Gasteiger partial charge is 0.319 e. The smallest absolute Gasteiger partial charge is 0.272 e. The molecule has 1 amide bonds. The minimum Gasteiger partial charge on any atom is -0.319 e. The van der Waals surface area contributed by atoms with Crippen LogP contribution in [-0.4, -0.2) is 27.6 Å². The summed E-state index contributed by atoms with van der Waals surface area (Å²) in [5.74, 6) is -0.801. The molecule has 4 aromatic rings. The lowest BCUT2D eigenvalue weighted by atomic mass is 10.2. The van der Waals surface area contributed by atoms with Gasteiger partial charge in [-0.3, -0.25) is 9.36 Å². The molecule has 2 aromatic heterocycles. The molecule has 0 unspecified atom stereocenters. The van der Waals surface area contributed by atoms with Gasteiger partial charge in [0.15, 0.2) is 0 Å². The zero-order valence-corrected chi connectivity index (χ0v) is 17.1. The zero-order chi connectivity index (χ0) is 21.1. The molecular weight excluding hydrogens is 431 g/mol. The Balaban J connectivity index is 1.83. The summed E-state index contributed by atoms with van der Waals surface area (Å²) in [7, 11) is 1.36. The fourth-order valence-electron chi connectivity index (χ4n) is 2.85. The number of aromatic nitrogens is 3. The van der Waals surface area contributed by atoms with Gasteiger partial charge in [-0.15, -0.1) is 0 Å². The van der Waals surface area contributed by atoms with E-state index in [2.05, 4.69) is 20.2 Å². The van der Waals surface area contributed by atoms with E-state index in [-0.39, 0.29) is 10.9 Å². The first-order valence-corrected chi connectivity index (χ1v) is 9.76. The van der Waals surface area contributed by atoms with Crippen LogP contribution in [0.5, 0.6) is 0 Å². The fourth-order valence-corrected chi connectivity index (χ4v) is 3.38. The molecule has 10 heteroatoms. The number of hydrogen-bond donors (Lipinski definition) is 1. The number of anilines is 1. The second-order valence-electron chi connectivity index (χ2n) is 6.02. The van der Waals surface area contributed by atoms with Crippen molar-refractivity contribution in [1.82, 2.24) is 14.5 Å². The molecule has 2 aromatic carbocycles. The van der Waals surface area contributed by atoms with Crippen LogP contribution in [0.4, 0.5) is 10.1 Å². The summed E-state index contributed by atoms with van der Waals surface area (Å²) in [6, 6.07) is 14.3. The number of benzene rings is 2. The predicted octanol–water partition coefficient (Wildman–Crippen LogP) is 5.05. The van der Waals surface area contributed by atoms with Crippen LogP contribution in [0.15, 0.2) is 66.0 Å². The average Bonchev–Trinajstić information content (AvgIpc) is 3.13. The van der Waals surface area contributed by atoms with Crippen LogP contribution < -0.4 is 5.32 Å². The molecule has 1 N–H and O–H groups in total. The highest BCUT2D eigenvalue weighted by atomic mass is 35.5. The lowest BCUT2D eigenvalue weighted by Gasteiger charge is -2.11. The molecule has 0 fully saturated rings. The number of carbonyl (C=O) groups is 1. The normalized spacial score (nSPS) is 11.0. The second-order valence-corrected chi connectivity index (χ2v) is 7.10. The van der Waals surface area contributed by atoms with Gasteiger partial charge in [-0.1, -0.05) is 23.7 Å². The van der Waals surface area contributed by atoms with E-state index in [9.17, 15) is 9.18 Å². The van der Waals surface area contributed by atoms with Gasteiger partial charge in [0.05, 0.1) is 17.8 Å². The molecule has 0 atom stereocenters. The molecule has 0 radical (unpaired) electrons. The van der Waals surface area contributed by atoms with Gasteiger partial charge in [-0.2, -0.15) is 4.33 Å². The predicted molar refractivity (Wildman–Crippen MR) is 112 cm³/mol. The van der Waals surface area contributed by atoms with Gasteiger partial charge in [-0.25, -0.2) is 19.2 Å². The van der Waals surface area contributed by atoms with Gasteiger partial charge in [0.1, 0.15) is 29.2 Å². The van der Waals surface area contributed by atoms with Crippen molar-refractivity contribution in [2.75, 3.05) is 12.4 Å². The molecule has 2 heterocycles. The van der Waals surface area contributed by atoms with Crippen molar-refractivity contribution in [1.29, 1.82) is 0 Å². The van der Waals surface area contributed by atoms with Crippen molar-refractivity contribution in [3.63, 3.8) is 0 Å². The fraction of sp³-hybridized carbons (Fsp3) is 0.0500. The molecule has 30 heavy (non-hydrogen) atoms. The number of fused-ring (bicyclic) bond motifs is 1. The summed E-state index contributed by atoms with van der Waals surface area (Å²) in [5.41, 5.74) is 1.75. The van der Waals surface area contributed by atoms with Gasteiger partial charge >= 0.3 is 0 Å². The SMILES string of the molecule is COOSc1ncc2cc(C(=O)Nc3ccccc3Cl)n(-c3ccc(F)cc3)c2n1. The van der Waals surface area contributed by atoms with Gasteiger partial charge in [-0.05, 0) is 42.5 Å². The van der Waals surface area contributed by atoms with Crippen LogP contribution in [-0.2, 0) is 9.22 Å². The maximum atomic E-state index is 13.5. The van der Waals surface area contributed by atoms with Crippen molar-refractivity contribution in [3.8, 4) is 5.69 Å². The topological polar surface area (TPSA) is 78.3 Å². The van der Waals surface area contributed by atoms with E-state index in [4.69, 9.17) is 15.9 Å². The van der Waals surface area contributed by atoms with Gasteiger partial charge in [0.2, 0.25) is 5.16 Å². The van der Waals surface area contributed by atoms with E-state index in [1.807, 2.05) is 0 Å². The molecule has 4 rings (SSSR count). The maximum absolute atomic E-state index is 13.5. The molecule has 0 aliphatic heterocycles. The number of hydrogen-bond acceptors (Lipinski definition) is 6. The third kappa shape index (κ3) is 4.14. The van der Waals surface area contributed by atoms with Crippen LogP contribution in [0.25, 0.3) is 16.7 Å². The van der Waals surface area contributed by atoms with Crippen LogP contribution in [0, 0.1) is 5.82 Å². The van der Waals surface area contributed by atoms with Crippen molar-refractivity contribution in [2.45, 2.75) is 5.16 Å². The van der Waals surface area contributed by atoms with Crippen molar-refractivity contribution < 1.29 is 18.4 Å². The number of halogens is 2. The Kier molecular flexibility index (Phi) is 5.96. The molecule has 152 valence electrons. The summed E-state index contributed by atoms with van der Waals surface area (Å²) in [4.78, 5) is 26.3. The number of para-hydroxylation sites is 1. The minimum absolute atomic E-state index is 0.278. The van der Waals surface area contributed by atoms with Crippen molar-refractivity contribution in [3.05, 3.63) is 77.3 Å². The number of nitrogens with one attached hydrogen (secondary N) is 1. The molecule has 0 aliphatic rings. The first-order valence-electron chi connectivity index (χ1n) is 8.64. The maximum Gasteiger partial charge on any atom is 0.272 e. The standard InChI is InChI=1S/C20H14ClFN4O3S/c1-28-29-30-20-23-11-12-10-17(19(27)24-16-5-3-2-4-15(16)21)26(18(12)25-20)14-8-6-13(22)7-9-14/h2-11H,1H3,(H,24,27). The summed E-state index contributed by atoms with van der Waals surface area (Å²) in [5, 5.41) is 4.10. The van der Waals surface area contributed by atoms with Crippen LogP contribution in [0.2, 0.25) is 5.02 Å². The van der Waals surface area contributed by atoms with E-state index < -0.39 is 11.7 Å². The van der Waals surface area contributed by atoms with Crippen molar-refractivity contribution >= 4 is 46.3 Å². The Morgan fingerprint density at radius 3 is 2.70 bits per heavy atom. The Labute approximate surface area is 179 Å². The second kappa shape index (κ2) is 8.80. The zero-order valence-electron chi connectivity index (χ0n) is 15.5. The molecule has 7 nitrogen and oxygen atoms in total. The number of nitrogens with zero attached hydrogens (tertiary/aromatic N) is 3. The van der Waals surface area contributed by atoms with Crippen LogP contribution in [0.3, 0.4) is 0 Å². The third-order valence-corrected chi connectivity index (χ3v) is 5.01. The highest BCUT2D eigenvalue weighted by Gasteiger charge is 2.20. The molecule has 0 aliphatic carbocycles. The Hall–Kier alpha value is -2.98. The third-order valence-electron chi connectivity index (χ3n) is 4.13. The summed E-state index contributed by atoms with van der Waals surface area (Å²) >= 11 is 6.99. The Morgan fingerprint density at radius 2 is 1.97 bits per heavy atom. The number of rotatable bonds is 6. The minimum atomic E-state index is -0.409. The monoisotopic (exact) mass is 444 g/mol. The Morgan fingerprint density at radius 1 is 1.20 bits per heavy atom. The van der Waals surface area contributed by atoms with E-state index in [0.717, 1.165) is 12.0 Å². The lowest BCUT2D eigenvalue weighted by molar-refractivity contribution is -0.160. The van der Waals surface area contributed by atoms with E-state index in [1.165, 1.54) is 19.2 Å². The van der Waals surface area contributed by atoms with Gasteiger partial charge in [0, 0.05) is 17.3 Å². The first-order chi connectivity index (χ1) is 14.6. The molecule has 0 spiro atoms. The number of carbonyl (C=O) groups excluding carboxylic acids is 1. The quantitative estimate of drug-likeness (QED) is 0.194. The number of amides is 1.